The summed E-state index contributed by atoms with van der Waals surface area (Å²) in [5.74, 6) is 0. The van der Waals surface area contributed by atoms with Gasteiger partial charge in [0, 0.05) is 7.26 Å². The van der Waals surface area contributed by atoms with E-state index in [1.165, 1.54) is 64.2 Å². The van der Waals surface area contributed by atoms with Crippen LogP contribution in [0.4, 0.5) is 0 Å². The van der Waals surface area contributed by atoms with E-state index in [1.54, 1.807) is 24.6 Å². The molecule has 0 aromatic rings. The minimum atomic E-state index is -0.558. The highest BCUT2D eigenvalue weighted by atomic mass is 127. The van der Waals surface area contributed by atoms with Crippen LogP contribution in [0.25, 0.3) is 0 Å². The molecule has 0 spiro atoms. The van der Waals surface area contributed by atoms with Gasteiger partial charge in [-0.2, -0.15) is 0 Å². The Balaban J connectivity index is 0. The summed E-state index contributed by atoms with van der Waals surface area (Å²) in [6.07, 6.45) is 20.9. The molecule has 0 amide bonds. The lowest BCUT2D eigenvalue weighted by Crippen LogP contribution is -3.00. The minimum Gasteiger partial charge on any atom is -1.00 e. The van der Waals surface area contributed by atoms with E-state index >= 15 is 0 Å². The van der Waals surface area contributed by atoms with E-state index in [1.807, 2.05) is 0 Å². The van der Waals surface area contributed by atoms with Crippen molar-refractivity contribution >= 4 is 7.26 Å². The second kappa shape index (κ2) is 16.5. The largest absolute Gasteiger partial charge is 1.00 e. The maximum atomic E-state index is 2.39. The maximum Gasteiger partial charge on any atom is 0.0594 e. The second-order valence-electron chi connectivity index (χ2n) is 6.36. The number of rotatable bonds is 14. The van der Waals surface area contributed by atoms with E-state index in [4.69, 9.17) is 0 Å². The van der Waals surface area contributed by atoms with Crippen molar-refractivity contribution < 1.29 is 24.0 Å². The van der Waals surface area contributed by atoms with Crippen LogP contribution < -0.4 is 24.0 Å². The second-order valence-corrected chi connectivity index (χ2v) is 10.8. The van der Waals surface area contributed by atoms with Crippen molar-refractivity contribution in [2.24, 2.45) is 0 Å². The van der Waals surface area contributed by atoms with Crippen LogP contribution in [-0.4, -0.2) is 24.6 Å². The number of hydrogen-bond acceptors (Lipinski definition) is 0. The Labute approximate surface area is 147 Å². The Kier molecular flexibility index (Phi) is 19.4. The molecule has 0 heterocycles. The molecule has 0 N–H and O–H groups in total. The van der Waals surface area contributed by atoms with Crippen LogP contribution in [0, 0.1) is 0 Å². The number of halogens is 1. The van der Waals surface area contributed by atoms with Crippen molar-refractivity contribution in [1.82, 2.24) is 0 Å². The molecule has 0 fully saturated rings. The third kappa shape index (κ3) is 11.8. The van der Waals surface area contributed by atoms with E-state index in [0.717, 1.165) is 0 Å². The average Bonchev–Trinajstić information content (AvgIpc) is 2.39. The first-order valence-electron chi connectivity index (χ1n) is 9.09. The van der Waals surface area contributed by atoms with E-state index in [9.17, 15) is 0 Å². The highest BCUT2D eigenvalue weighted by Crippen LogP contribution is 2.60. The van der Waals surface area contributed by atoms with Crippen molar-refractivity contribution in [3.8, 4) is 0 Å². The van der Waals surface area contributed by atoms with Crippen molar-refractivity contribution in [3.63, 3.8) is 0 Å². The van der Waals surface area contributed by atoms with Crippen LogP contribution in [0.2, 0.25) is 0 Å². The van der Waals surface area contributed by atoms with E-state index in [2.05, 4.69) is 27.7 Å². The van der Waals surface area contributed by atoms with Gasteiger partial charge in [-0.05, 0) is 32.1 Å². The van der Waals surface area contributed by atoms with E-state index in [0.29, 0.717) is 0 Å². The van der Waals surface area contributed by atoms with Crippen LogP contribution in [-0.2, 0) is 0 Å². The van der Waals surface area contributed by atoms with Gasteiger partial charge < -0.3 is 24.0 Å². The first kappa shape index (κ1) is 23.4. The lowest BCUT2D eigenvalue weighted by Gasteiger charge is -2.27. The van der Waals surface area contributed by atoms with Gasteiger partial charge in [0.15, 0.2) is 0 Å². The average molecular weight is 414 g/mol. The van der Waals surface area contributed by atoms with Crippen molar-refractivity contribution in [2.45, 2.75) is 91.9 Å². The zero-order valence-electron chi connectivity index (χ0n) is 14.7. The lowest BCUT2D eigenvalue weighted by molar-refractivity contribution is -0.00000450. The summed E-state index contributed by atoms with van der Waals surface area (Å²) in [6, 6.07) is 0. The third-order valence-corrected chi connectivity index (χ3v) is 9.78. The van der Waals surface area contributed by atoms with Crippen LogP contribution in [0.5, 0.6) is 0 Å². The van der Waals surface area contributed by atoms with Gasteiger partial charge in [-0.15, -0.1) is 0 Å². The quantitative estimate of drug-likeness (QED) is 0.229. The highest BCUT2D eigenvalue weighted by molar-refractivity contribution is 7.75. The van der Waals surface area contributed by atoms with Crippen LogP contribution in [0.1, 0.15) is 91.9 Å². The monoisotopic (exact) mass is 414 g/mol. The van der Waals surface area contributed by atoms with Gasteiger partial charge in [0.25, 0.3) is 0 Å². The molecule has 0 unspecified atom stereocenters. The van der Waals surface area contributed by atoms with Gasteiger partial charge in [0.05, 0.1) is 24.6 Å². The number of hydrogen-bond donors (Lipinski definition) is 0. The molecule has 0 rings (SSSR count). The molecule has 124 valence electrons. The van der Waals surface area contributed by atoms with E-state index < -0.39 is 7.26 Å². The molecule has 0 aliphatic rings. The minimum absolute atomic E-state index is 0. The summed E-state index contributed by atoms with van der Waals surface area (Å²) in [4.78, 5) is 0. The first-order chi connectivity index (χ1) is 9.24. The van der Waals surface area contributed by atoms with Crippen LogP contribution >= 0.6 is 7.26 Å². The summed E-state index contributed by atoms with van der Waals surface area (Å²) in [5.41, 5.74) is 0. The molecule has 20 heavy (non-hydrogen) atoms. The Bertz CT molecular complexity index is 165. The summed E-state index contributed by atoms with van der Waals surface area (Å²) in [7, 11) is -0.558. The van der Waals surface area contributed by atoms with Gasteiger partial charge in [0.1, 0.15) is 0 Å². The molecule has 0 nitrogen and oxygen atoms in total. The molecular formula is C18H40IP. The zero-order valence-corrected chi connectivity index (χ0v) is 17.8. The zero-order chi connectivity index (χ0) is 14.4. The summed E-state index contributed by atoms with van der Waals surface area (Å²) in [5, 5.41) is 0. The molecule has 0 bridgehead atoms. The maximum absolute atomic E-state index is 2.39. The lowest BCUT2D eigenvalue weighted by atomic mass is 10.1. The fourth-order valence-corrected chi connectivity index (χ4v) is 8.58. The molecule has 0 aromatic carbocycles. The predicted molar refractivity (Wildman–Crippen MR) is 95.3 cm³/mol. The Morgan fingerprint density at radius 2 is 0.850 bits per heavy atom. The van der Waals surface area contributed by atoms with Crippen molar-refractivity contribution in [2.75, 3.05) is 24.6 Å². The SMILES string of the molecule is CCCCCCCCC[P+](CCC)(CCC)CCC.[I-]. The molecule has 2 heteroatoms. The normalized spacial score (nSPS) is 11.4. The summed E-state index contributed by atoms with van der Waals surface area (Å²) >= 11 is 0. The van der Waals surface area contributed by atoms with Gasteiger partial charge in [-0.25, -0.2) is 0 Å². The molecular weight excluding hydrogens is 374 g/mol. The van der Waals surface area contributed by atoms with Crippen LogP contribution in [0.15, 0.2) is 0 Å². The summed E-state index contributed by atoms with van der Waals surface area (Å²) < 4.78 is 0. The standard InChI is InChI=1S/C18H40P.HI/c1-5-9-10-11-12-13-14-18-19(15-6-2,16-7-3)17-8-4;/h5-18H2,1-4H3;1H/q+1;/p-1. The fraction of sp³-hybridized carbons (Fsp3) is 1.00. The fourth-order valence-electron chi connectivity index (χ4n) is 3.50. The van der Waals surface area contributed by atoms with Gasteiger partial charge >= 0.3 is 0 Å². The number of unbranched alkanes of at least 4 members (excludes halogenated alkanes) is 6. The Morgan fingerprint density at radius 3 is 1.25 bits per heavy atom. The first-order valence-corrected chi connectivity index (χ1v) is 11.6. The molecule has 0 aromatic heterocycles. The molecule has 0 radical (unpaired) electrons. The molecule has 0 aliphatic heterocycles. The molecule has 0 aliphatic carbocycles. The van der Waals surface area contributed by atoms with Crippen molar-refractivity contribution in [1.29, 1.82) is 0 Å². The van der Waals surface area contributed by atoms with Gasteiger partial charge in [-0.3, -0.25) is 0 Å². The van der Waals surface area contributed by atoms with Crippen LogP contribution in [0.3, 0.4) is 0 Å². The van der Waals surface area contributed by atoms with Crippen molar-refractivity contribution in [3.05, 3.63) is 0 Å². The smallest absolute Gasteiger partial charge is 0.0594 e. The predicted octanol–water partition coefficient (Wildman–Crippen LogP) is 3.99. The molecule has 0 saturated carbocycles. The topological polar surface area (TPSA) is 0 Å². The Hall–Kier alpha value is 1.16. The third-order valence-electron chi connectivity index (χ3n) is 4.33. The van der Waals surface area contributed by atoms with Gasteiger partial charge in [-0.1, -0.05) is 59.8 Å². The summed E-state index contributed by atoms with van der Waals surface area (Å²) in [6.45, 7) is 9.49. The molecule has 0 atom stereocenters. The van der Waals surface area contributed by atoms with E-state index in [-0.39, 0.29) is 24.0 Å². The van der Waals surface area contributed by atoms with Gasteiger partial charge in [0.2, 0.25) is 0 Å². The molecule has 0 saturated heterocycles. The Morgan fingerprint density at radius 1 is 0.450 bits per heavy atom. The highest BCUT2D eigenvalue weighted by Gasteiger charge is 2.33.